The largest absolute Gasteiger partial charge is 0.497 e. The molecule has 0 atom stereocenters. The van der Waals surface area contributed by atoms with Crippen LogP contribution in [0.25, 0.3) is 0 Å². The molecule has 5 heteroatoms. The topological polar surface area (TPSA) is 42.0 Å². The molecule has 0 fully saturated rings. The number of carbonyl (C=O) groups excluding carboxylic acids is 1. The molecule has 0 saturated heterocycles. The Morgan fingerprint density at radius 2 is 1.62 bits per heavy atom. The van der Waals surface area contributed by atoms with E-state index in [0.717, 1.165) is 17.0 Å². The Morgan fingerprint density at radius 3 is 2.17 bits per heavy atom. The minimum absolute atomic E-state index is 0.0295. The van der Waals surface area contributed by atoms with Crippen LogP contribution < -0.4 is 14.4 Å². The molecule has 2 aromatic carbocycles. The van der Waals surface area contributed by atoms with Gasteiger partial charge in [-0.15, -0.1) is 0 Å². The predicted molar refractivity (Wildman–Crippen MR) is 96.1 cm³/mol. The third-order valence-electron chi connectivity index (χ3n) is 3.88. The van der Waals surface area contributed by atoms with Gasteiger partial charge in [-0.25, -0.2) is 0 Å². The maximum atomic E-state index is 12.6. The Balaban J connectivity index is 2.14. The Bertz CT molecular complexity index is 696. The second-order valence-corrected chi connectivity index (χ2v) is 5.78. The van der Waals surface area contributed by atoms with Crippen molar-refractivity contribution >= 4 is 11.6 Å². The summed E-state index contributed by atoms with van der Waals surface area (Å²) in [4.78, 5) is 16.3. The molecule has 0 heterocycles. The van der Waals surface area contributed by atoms with Crippen LogP contribution in [0, 0.1) is 0 Å². The number of hydrogen-bond donors (Lipinski definition) is 0. The maximum absolute atomic E-state index is 12.6. The summed E-state index contributed by atoms with van der Waals surface area (Å²) in [6.07, 6.45) is 0. The molecule has 0 aromatic heterocycles. The molecule has 0 aliphatic heterocycles. The van der Waals surface area contributed by atoms with Crippen LogP contribution in [-0.4, -0.2) is 46.2 Å². The normalized spacial score (nSPS) is 10.2. The van der Waals surface area contributed by atoms with Gasteiger partial charge in [0.05, 0.1) is 14.2 Å². The van der Waals surface area contributed by atoms with Crippen molar-refractivity contribution in [3.05, 3.63) is 53.6 Å². The first-order chi connectivity index (χ1) is 11.5. The third-order valence-corrected chi connectivity index (χ3v) is 3.88. The van der Waals surface area contributed by atoms with Crippen LogP contribution in [0.5, 0.6) is 11.5 Å². The van der Waals surface area contributed by atoms with E-state index in [1.807, 2.05) is 61.5 Å². The predicted octanol–water partition coefficient (Wildman–Crippen LogP) is 3.04. The van der Waals surface area contributed by atoms with Crippen LogP contribution >= 0.6 is 0 Å². The zero-order chi connectivity index (χ0) is 17.7. The minimum Gasteiger partial charge on any atom is -0.497 e. The van der Waals surface area contributed by atoms with Crippen molar-refractivity contribution in [1.82, 2.24) is 4.90 Å². The van der Waals surface area contributed by atoms with Gasteiger partial charge in [0.2, 0.25) is 0 Å². The molecule has 24 heavy (non-hydrogen) atoms. The van der Waals surface area contributed by atoms with Gasteiger partial charge in [-0.05, 0) is 36.4 Å². The average molecular weight is 328 g/mol. The number of anilines is 1. The summed E-state index contributed by atoms with van der Waals surface area (Å²) in [5.41, 5.74) is 2.65. The van der Waals surface area contributed by atoms with Crippen LogP contribution in [0.15, 0.2) is 42.5 Å². The van der Waals surface area contributed by atoms with E-state index in [-0.39, 0.29) is 5.91 Å². The van der Waals surface area contributed by atoms with E-state index in [1.54, 1.807) is 26.2 Å². The van der Waals surface area contributed by atoms with Gasteiger partial charge in [0, 0.05) is 50.6 Å². The molecule has 1 amide bonds. The smallest absolute Gasteiger partial charge is 0.253 e. The zero-order valence-electron chi connectivity index (χ0n) is 14.9. The highest BCUT2D eigenvalue weighted by atomic mass is 16.5. The average Bonchev–Trinajstić information content (AvgIpc) is 2.61. The lowest BCUT2D eigenvalue weighted by molar-refractivity contribution is 0.0784. The van der Waals surface area contributed by atoms with E-state index in [4.69, 9.17) is 9.47 Å². The Morgan fingerprint density at radius 1 is 0.958 bits per heavy atom. The quantitative estimate of drug-likeness (QED) is 0.817. The van der Waals surface area contributed by atoms with Gasteiger partial charge in [0.25, 0.3) is 5.91 Å². The number of amides is 1. The fourth-order valence-corrected chi connectivity index (χ4v) is 2.43. The number of ether oxygens (including phenoxy) is 2. The molecular weight excluding hydrogens is 304 g/mol. The van der Waals surface area contributed by atoms with Crippen molar-refractivity contribution in [2.45, 2.75) is 6.54 Å². The monoisotopic (exact) mass is 328 g/mol. The summed E-state index contributed by atoms with van der Waals surface area (Å²) in [5.74, 6) is 1.40. The van der Waals surface area contributed by atoms with Gasteiger partial charge < -0.3 is 19.3 Å². The van der Waals surface area contributed by atoms with Crippen molar-refractivity contribution in [2.24, 2.45) is 0 Å². The van der Waals surface area contributed by atoms with Gasteiger partial charge >= 0.3 is 0 Å². The summed E-state index contributed by atoms with van der Waals surface area (Å²) >= 11 is 0. The zero-order valence-corrected chi connectivity index (χ0v) is 14.9. The van der Waals surface area contributed by atoms with Crippen molar-refractivity contribution < 1.29 is 14.3 Å². The first-order valence-electron chi connectivity index (χ1n) is 7.70. The second-order valence-electron chi connectivity index (χ2n) is 5.78. The number of methoxy groups -OCH3 is 2. The van der Waals surface area contributed by atoms with E-state index in [2.05, 4.69) is 0 Å². The Kier molecular flexibility index (Phi) is 5.68. The van der Waals surface area contributed by atoms with Crippen molar-refractivity contribution in [3.8, 4) is 11.5 Å². The van der Waals surface area contributed by atoms with Gasteiger partial charge in [-0.3, -0.25) is 4.79 Å². The molecule has 0 N–H and O–H groups in total. The van der Waals surface area contributed by atoms with Gasteiger partial charge in [0.15, 0.2) is 0 Å². The van der Waals surface area contributed by atoms with Gasteiger partial charge in [-0.1, -0.05) is 0 Å². The van der Waals surface area contributed by atoms with Crippen LogP contribution in [-0.2, 0) is 6.54 Å². The highest BCUT2D eigenvalue weighted by Crippen LogP contribution is 2.26. The molecule has 5 nitrogen and oxygen atoms in total. The van der Waals surface area contributed by atoms with Crippen LogP contribution in [0.2, 0.25) is 0 Å². The first-order valence-corrected chi connectivity index (χ1v) is 7.70. The molecule has 0 unspecified atom stereocenters. The van der Waals surface area contributed by atoms with Gasteiger partial charge in [-0.2, -0.15) is 0 Å². The molecule has 2 rings (SSSR count). The number of carbonyl (C=O) groups is 1. The Hall–Kier alpha value is -2.69. The number of hydrogen-bond acceptors (Lipinski definition) is 4. The van der Waals surface area contributed by atoms with Crippen molar-refractivity contribution in [3.63, 3.8) is 0 Å². The molecular formula is C19H24N2O3. The molecule has 0 aliphatic rings. The van der Waals surface area contributed by atoms with Crippen LogP contribution in [0.3, 0.4) is 0 Å². The lowest BCUT2D eigenvalue weighted by Crippen LogP contribution is -2.26. The van der Waals surface area contributed by atoms with E-state index < -0.39 is 0 Å². The molecule has 128 valence electrons. The summed E-state index contributed by atoms with van der Waals surface area (Å²) in [6.45, 7) is 0.460. The van der Waals surface area contributed by atoms with E-state index in [0.29, 0.717) is 17.9 Å². The fourth-order valence-electron chi connectivity index (χ4n) is 2.43. The van der Waals surface area contributed by atoms with Crippen molar-refractivity contribution in [1.29, 1.82) is 0 Å². The molecule has 0 radical (unpaired) electrons. The van der Waals surface area contributed by atoms with Crippen LogP contribution in [0.4, 0.5) is 5.69 Å². The third kappa shape index (κ3) is 3.98. The van der Waals surface area contributed by atoms with Crippen molar-refractivity contribution in [2.75, 3.05) is 40.3 Å². The number of benzene rings is 2. The summed E-state index contributed by atoms with van der Waals surface area (Å²) in [6, 6.07) is 13.2. The SMILES string of the molecule is COc1ccc(CN(C)C(=O)c2ccc(N(C)C)cc2)c(OC)c1. The molecule has 0 aliphatic carbocycles. The van der Waals surface area contributed by atoms with Gasteiger partial charge in [0.1, 0.15) is 11.5 Å². The Labute approximate surface area is 143 Å². The van der Waals surface area contributed by atoms with E-state index in [9.17, 15) is 4.79 Å². The fraction of sp³-hybridized carbons (Fsp3) is 0.316. The lowest BCUT2D eigenvalue weighted by Gasteiger charge is -2.20. The first kappa shape index (κ1) is 17.7. The molecule has 0 bridgehead atoms. The maximum Gasteiger partial charge on any atom is 0.253 e. The molecule has 2 aromatic rings. The highest BCUT2D eigenvalue weighted by Gasteiger charge is 2.15. The highest BCUT2D eigenvalue weighted by molar-refractivity contribution is 5.94. The van der Waals surface area contributed by atoms with E-state index in [1.165, 1.54) is 0 Å². The summed E-state index contributed by atoms with van der Waals surface area (Å²) < 4.78 is 10.6. The number of nitrogens with zero attached hydrogens (tertiary/aromatic N) is 2. The van der Waals surface area contributed by atoms with E-state index >= 15 is 0 Å². The molecule has 0 saturated carbocycles. The summed E-state index contributed by atoms with van der Waals surface area (Å²) in [7, 11) is 8.95. The lowest BCUT2D eigenvalue weighted by atomic mass is 10.1. The number of rotatable bonds is 6. The molecule has 0 spiro atoms. The van der Waals surface area contributed by atoms with Crippen LogP contribution in [0.1, 0.15) is 15.9 Å². The standard InChI is InChI=1S/C19H24N2O3/c1-20(2)16-9-6-14(7-10-16)19(22)21(3)13-15-8-11-17(23-4)12-18(15)24-5/h6-12H,13H2,1-5H3. The second kappa shape index (κ2) is 7.73. The summed E-state index contributed by atoms with van der Waals surface area (Å²) in [5, 5.41) is 0. The minimum atomic E-state index is -0.0295.